The Morgan fingerprint density at radius 2 is 1.82 bits per heavy atom. The third kappa shape index (κ3) is 4.07. The summed E-state index contributed by atoms with van der Waals surface area (Å²) in [7, 11) is 0. The van der Waals surface area contributed by atoms with E-state index in [1.54, 1.807) is 10.9 Å². The number of hydrogen-bond donors (Lipinski definition) is 1. The van der Waals surface area contributed by atoms with Crippen molar-refractivity contribution in [2.45, 2.75) is 27.2 Å². The average Bonchev–Trinajstić information content (AvgIpc) is 3.24. The lowest BCUT2D eigenvalue weighted by molar-refractivity contribution is 0.0766. The van der Waals surface area contributed by atoms with Crippen molar-refractivity contribution in [2.75, 3.05) is 31.1 Å². The van der Waals surface area contributed by atoms with E-state index in [2.05, 4.69) is 15.0 Å². The Labute approximate surface area is 197 Å². The minimum Gasteiger partial charge on any atom is -0.340 e. The maximum atomic E-state index is 13.6. The molecule has 0 radical (unpaired) electrons. The zero-order valence-electron chi connectivity index (χ0n) is 19.7. The molecule has 1 aliphatic heterocycles. The van der Waals surface area contributed by atoms with E-state index in [9.17, 15) is 9.59 Å². The molecule has 0 atom stereocenters. The first-order valence-corrected chi connectivity index (χ1v) is 11.6. The maximum absolute atomic E-state index is 13.6. The highest BCUT2D eigenvalue weighted by atomic mass is 16.2. The fraction of sp³-hybridized carbons (Fsp3) is 0.308. The number of amides is 1. The first-order chi connectivity index (χ1) is 16.4. The van der Waals surface area contributed by atoms with Crippen LogP contribution in [-0.2, 0) is 0 Å². The zero-order chi connectivity index (χ0) is 23.8. The molecule has 0 saturated carbocycles. The van der Waals surface area contributed by atoms with Gasteiger partial charge < -0.3 is 9.80 Å². The van der Waals surface area contributed by atoms with Gasteiger partial charge in [0.25, 0.3) is 11.5 Å². The molecule has 1 fully saturated rings. The molecule has 1 N–H and O–H groups in total. The van der Waals surface area contributed by atoms with Gasteiger partial charge in [0, 0.05) is 38.6 Å². The van der Waals surface area contributed by atoms with Crippen LogP contribution < -0.4 is 10.5 Å². The first kappa shape index (κ1) is 21.9. The molecule has 0 bridgehead atoms. The molecule has 2 aromatic carbocycles. The van der Waals surface area contributed by atoms with E-state index in [1.807, 2.05) is 68.3 Å². The number of anilines is 1. The molecule has 1 saturated heterocycles. The molecular weight excluding hydrogens is 428 g/mol. The molecule has 1 amide bonds. The summed E-state index contributed by atoms with van der Waals surface area (Å²) in [6, 6.07) is 11.6. The van der Waals surface area contributed by atoms with Gasteiger partial charge in [-0.3, -0.25) is 14.6 Å². The van der Waals surface area contributed by atoms with Gasteiger partial charge in [-0.25, -0.2) is 9.67 Å². The number of aryl methyl sites for hydroxylation is 3. The topological polar surface area (TPSA) is 87.1 Å². The first-order valence-electron chi connectivity index (χ1n) is 11.6. The largest absolute Gasteiger partial charge is 0.340 e. The summed E-state index contributed by atoms with van der Waals surface area (Å²) in [5.41, 5.74) is 5.18. The molecule has 0 spiro atoms. The van der Waals surface area contributed by atoms with E-state index in [-0.39, 0.29) is 11.5 Å². The Kier molecular flexibility index (Phi) is 5.65. The number of nitrogens with zero attached hydrogens (tertiary/aromatic N) is 5. The van der Waals surface area contributed by atoms with Gasteiger partial charge in [0.1, 0.15) is 0 Å². The molecule has 8 nitrogen and oxygen atoms in total. The molecular formula is C26H28N6O2. The van der Waals surface area contributed by atoms with Crippen molar-refractivity contribution < 1.29 is 4.79 Å². The Morgan fingerprint density at radius 3 is 2.62 bits per heavy atom. The van der Waals surface area contributed by atoms with Gasteiger partial charge in [-0.2, -0.15) is 5.10 Å². The van der Waals surface area contributed by atoms with Crippen molar-refractivity contribution in [3.05, 3.63) is 81.4 Å². The van der Waals surface area contributed by atoms with Crippen LogP contribution in [0, 0.1) is 20.8 Å². The van der Waals surface area contributed by atoms with Crippen molar-refractivity contribution in [1.29, 1.82) is 0 Å². The van der Waals surface area contributed by atoms with Gasteiger partial charge in [-0.15, -0.1) is 0 Å². The highest BCUT2D eigenvalue weighted by Gasteiger charge is 2.24. The number of hydrogen-bond acceptors (Lipinski definition) is 5. The van der Waals surface area contributed by atoms with Crippen molar-refractivity contribution in [3.63, 3.8) is 0 Å². The molecule has 2 aromatic heterocycles. The van der Waals surface area contributed by atoms with E-state index in [4.69, 9.17) is 4.98 Å². The number of aromatic nitrogens is 4. The molecule has 34 heavy (non-hydrogen) atoms. The second-order valence-electron chi connectivity index (χ2n) is 8.95. The van der Waals surface area contributed by atoms with Gasteiger partial charge >= 0.3 is 0 Å². The van der Waals surface area contributed by atoms with Gasteiger partial charge in [0.05, 0.1) is 22.2 Å². The summed E-state index contributed by atoms with van der Waals surface area (Å²) < 4.78 is 1.73. The zero-order valence-corrected chi connectivity index (χ0v) is 19.7. The summed E-state index contributed by atoms with van der Waals surface area (Å²) in [4.78, 5) is 37.9. The van der Waals surface area contributed by atoms with Crippen LogP contribution in [0.1, 0.15) is 33.5 Å². The third-order valence-corrected chi connectivity index (χ3v) is 6.52. The second kappa shape index (κ2) is 8.78. The number of nitrogens with one attached hydrogen (secondary N) is 1. The van der Waals surface area contributed by atoms with Crippen molar-refractivity contribution in [3.8, 4) is 5.69 Å². The van der Waals surface area contributed by atoms with Crippen LogP contribution in [0.2, 0.25) is 0 Å². The predicted octanol–water partition coefficient (Wildman–Crippen LogP) is 3.39. The summed E-state index contributed by atoms with van der Waals surface area (Å²) in [5, 5.41) is 4.92. The summed E-state index contributed by atoms with van der Waals surface area (Å²) >= 11 is 0. The summed E-state index contributed by atoms with van der Waals surface area (Å²) in [6.45, 7) is 8.48. The molecule has 174 valence electrons. The minimum atomic E-state index is -0.135. The van der Waals surface area contributed by atoms with Gasteiger partial charge in [-0.05, 0) is 68.7 Å². The minimum absolute atomic E-state index is 0.0119. The average molecular weight is 457 g/mol. The van der Waals surface area contributed by atoms with Gasteiger partial charge in [0.2, 0.25) is 5.95 Å². The molecule has 5 rings (SSSR count). The number of carbonyl (C=O) groups is 1. The highest BCUT2D eigenvalue weighted by molar-refractivity contribution is 5.98. The van der Waals surface area contributed by atoms with Crippen LogP contribution in [0.5, 0.6) is 0 Å². The monoisotopic (exact) mass is 456 g/mol. The smallest absolute Gasteiger partial charge is 0.260 e. The van der Waals surface area contributed by atoms with Crippen molar-refractivity contribution in [2.24, 2.45) is 0 Å². The summed E-state index contributed by atoms with van der Waals surface area (Å²) in [6.07, 6.45) is 4.33. The second-order valence-corrected chi connectivity index (χ2v) is 8.95. The van der Waals surface area contributed by atoms with Crippen LogP contribution in [0.4, 0.5) is 5.95 Å². The lowest BCUT2D eigenvalue weighted by Crippen LogP contribution is -2.36. The van der Waals surface area contributed by atoms with Gasteiger partial charge in [0.15, 0.2) is 0 Å². The quantitative estimate of drug-likeness (QED) is 0.511. The molecule has 0 unspecified atom stereocenters. The van der Waals surface area contributed by atoms with Crippen LogP contribution in [0.3, 0.4) is 0 Å². The molecule has 0 aliphatic carbocycles. The van der Waals surface area contributed by atoms with E-state index in [0.717, 1.165) is 28.8 Å². The number of aromatic amines is 1. The molecule has 1 aliphatic rings. The predicted molar refractivity (Wildman–Crippen MR) is 133 cm³/mol. The van der Waals surface area contributed by atoms with Crippen LogP contribution >= 0.6 is 0 Å². The number of carbonyl (C=O) groups excluding carboxylic acids is 1. The Balaban J connectivity index is 1.40. The van der Waals surface area contributed by atoms with E-state index >= 15 is 0 Å². The summed E-state index contributed by atoms with van der Waals surface area (Å²) in [5.74, 6) is 0.546. The van der Waals surface area contributed by atoms with E-state index in [1.165, 1.54) is 0 Å². The highest BCUT2D eigenvalue weighted by Crippen LogP contribution is 2.21. The number of rotatable bonds is 3. The normalized spacial score (nSPS) is 14.4. The van der Waals surface area contributed by atoms with E-state index in [0.29, 0.717) is 48.6 Å². The maximum Gasteiger partial charge on any atom is 0.260 e. The van der Waals surface area contributed by atoms with Crippen LogP contribution in [0.25, 0.3) is 16.6 Å². The SMILES string of the molecule is Cc1ccc(-n2cccn2)c(C(=O)N2CCCN(c3nc4cc(C)c(C)cc4c(=O)[nH]3)CC2)c1. The Morgan fingerprint density at radius 1 is 1.00 bits per heavy atom. The van der Waals surface area contributed by atoms with Crippen molar-refractivity contribution in [1.82, 2.24) is 24.6 Å². The Bertz CT molecular complexity index is 1420. The van der Waals surface area contributed by atoms with Crippen molar-refractivity contribution >= 4 is 22.8 Å². The lowest BCUT2D eigenvalue weighted by Gasteiger charge is -2.23. The molecule has 8 heteroatoms. The van der Waals surface area contributed by atoms with Gasteiger partial charge in [-0.1, -0.05) is 11.6 Å². The number of H-pyrrole nitrogens is 1. The number of fused-ring (bicyclic) bond motifs is 1. The molecule has 4 aromatic rings. The lowest BCUT2D eigenvalue weighted by atomic mass is 10.1. The fourth-order valence-electron chi connectivity index (χ4n) is 4.47. The fourth-order valence-corrected chi connectivity index (χ4v) is 4.47. The standard InChI is InChI=1S/C26H28N6O2/c1-17-6-7-23(32-11-4-8-27-32)21(14-17)25(34)30-9-5-10-31(13-12-30)26-28-22-16-19(3)18(2)15-20(22)24(33)29-26/h4,6-8,11,14-16H,5,9-10,12-13H2,1-3H3,(H,28,29,33). The Hall–Kier alpha value is -3.94. The van der Waals surface area contributed by atoms with Crippen LogP contribution in [-0.4, -0.2) is 56.7 Å². The van der Waals surface area contributed by atoms with E-state index < -0.39 is 0 Å². The van der Waals surface area contributed by atoms with Crippen LogP contribution in [0.15, 0.2) is 53.6 Å². The number of benzene rings is 2. The molecule has 3 heterocycles. The third-order valence-electron chi connectivity index (χ3n) is 6.52.